The lowest BCUT2D eigenvalue weighted by Gasteiger charge is -2.22. The summed E-state index contributed by atoms with van der Waals surface area (Å²) in [6.45, 7) is 8.28. The van der Waals surface area contributed by atoms with Crippen molar-refractivity contribution in [3.05, 3.63) is 0 Å². The van der Waals surface area contributed by atoms with Gasteiger partial charge in [0.15, 0.2) is 0 Å². The third kappa shape index (κ3) is 5.22. The predicted molar refractivity (Wildman–Crippen MR) is 51.7 cm³/mol. The van der Waals surface area contributed by atoms with Crippen molar-refractivity contribution in [2.24, 2.45) is 11.8 Å². The summed E-state index contributed by atoms with van der Waals surface area (Å²) in [5.74, 6) is 0.0942. The van der Waals surface area contributed by atoms with E-state index >= 15 is 0 Å². The predicted octanol–water partition coefficient (Wildman–Crippen LogP) is 1.63. The summed E-state index contributed by atoms with van der Waals surface area (Å²) in [6.07, 6.45) is 0. The van der Waals surface area contributed by atoms with Gasteiger partial charge < -0.3 is 4.90 Å². The SMILES string of the molecule is CCN(CC(C)C#N)CC(C)C#N. The van der Waals surface area contributed by atoms with Crippen molar-refractivity contribution in [3.63, 3.8) is 0 Å². The minimum absolute atomic E-state index is 0.0471. The number of hydrogen-bond donors (Lipinski definition) is 0. The maximum atomic E-state index is 8.63. The third-order valence-corrected chi connectivity index (χ3v) is 1.95. The van der Waals surface area contributed by atoms with Crippen molar-refractivity contribution in [1.82, 2.24) is 4.90 Å². The van der Waals surface area contributed by atoms with E-state index in [4.69, 9.17) is 10.5 Å². The topological polar surface area (TPSA) is 50.8 Å². The maximum Gasteiger partial charge on any atom is 0.0666 e. The first kappa shape index (κ1) is 11.9. The van der Waals surface area contributed by atoms with Crippen molar-refractivity contribution in [1.29, 1.82) is 10.5 Å². The summed E-state index contributed by atoms with van der Waals surface area (Å²) < 4.78 is 0. The highest BCUT2D eigenvalue weighted by Gasteiger charge is 2.10. The fourth-order valence-corrected chi connectivity index (χ4v) is 1.19. The van der Waals surface area contributed by atoms with Crippen LogP contribution in [-0.4, -0.2) is 24.5 Å². The van der Waals surface area contributed by atoms with Crippen LogP contribution in [-0.2, 0) is 0 Å². The van der Waals surface area contributed by atoms with Gasteiger partial charge >= 0.3 is 0 Å². The van der Waals surface area contributed by atoms with Gasteiger partial charge in [0.2, 0.25) is 0 Å². The van der Waals surface area contributed by atoms with E-state index < -0.39 is 0 Å². The van der Waals surface area contributed by atoms with Crippen molar-refractivity contribution in [2.75, 3.05) is 19.6 Å². The van der Waals surface area contributed by atoms with Gasteiger partial charge in [0, 0.05) is 13.1 Å². The molecule has 0 spiro atoms. The quantitative estimate of drug-likeness (QED) is 0.644. The highest BCUT2D eigenvalue weighted by molar-refractivity contribution is 4.85. The molecule has 2 unspecified atom stereocenters. The van der Waals surface area contributed by atoms with Gasteiger partial charge in [-0.25, -0.2) is 0 Å². The van der Waals surface area contributed by atoms with Gasteiger partial charge in [0.05, 0.1) is 24.0 Å². The number of hydrogen-bond acceptors (Lipinski definition) is 3. The van der Waals surface area contributed by atoms with Crippen LogP contribution < -0.4 is 0 Å². The van der Waals surface area contributed by atoms with Gasteiger partial charge in [0.25, 0.3) is 0 Å². The van der Waals surface area contributed by atoms with Crippen LogP contribution in [0.3, 0.4) is 0 Å². The van der Waals surface area contributed by atoms with Crippen molar-refractivity contribution in [3.8, 4) is 12.1 Å². The average Bonchev–Trinajstić information content (AvgIpc) is 2.16. The van der Waals surface area contributed by atoms with Crippen LogP contribution in [0.4, 0.5) is 0 Å². The number of nitrogens with zero attached hydrogens (tertiary/aromatic N) is 3. The smallest absolute Gasteiger partial charge is 0.0666 e. The second kappa shape index (κ2) is 6.46. The molecule has 2 atom stereocenters. The van der Waals surface area contributed by atoms with Crippen molar-refractivity contribution >= 4 is 0 Å². The molecule has 0 amide bonds. The first-order valence-electron chi connectivity index (χ1n) is 4.65. The second-order valence-corrected chi connectivity index (χ2v) is 3.41. The Kier molecular flexibility index (Phi) is 5.93. The van der Waals surface area contributed by atoms with E-state index in [0.29, 0.717) is 0 Å². The molecule has 0 saturated heterocycles. The van der Waals surface area contributed by atoms with Gasteiger partial charge in [-0.1, -0.05) is 6.92 Å². The molecule has 0 radical (unpaired) electrons. The molecular formula is C10H17N3. The molecule has 72 valence electrons. The molecule has 0 aromatic rings. The van der Waals surface area contributed by atoms with Crippen LogP contribution >= 0.6 is 0 Å². The summed E-state index contributed by atoms with van der Waals surface area (Å²) in [5.41, 5.74) is 0. The van der Waals surface area contributed by atoms with E-state index in [1.807, 2.05) is 20.8 Å². The largest absolute Gasteiger partial charge is 0.301 e. The molecule has 0 heterocycles. The third-order valence-electron chi connectivity index (χ3n) is 1.95. The summed E-state index contributed by atoms with van der Waals surface area (Å²) in [7, 11) is 0. The van der Waals surface area contributed by atoms with Gasteiger partial charge in [-0.15, -0.1) is 0 Å². The average molecular weight is 179 g/mol. The van der Waals surface area contributed by atoms with E-state index in [2.05, 4.69) is 17.0 Å². The molecule has 0 aromatic carbocycles. The molecule has 13 heavy (non-hydrogen) atoms. The van der Waals surface area contributed by atoms with Crippen LogP contribution in [0.25, 0.3) is 0 Å². The maximum absolute atomic E-state index is 8.63. The fourth-order valence-electron chi connectivity index (χ4n) is 1.19. The highest BCUT2D eigenvalue weighted by Crippen LogP contribution is 2.02. The summed E-state index contributed by atoms with van der Waals surface area (Å²) in [6, 6.07) is 4.39. The molecule has 0 rings (SSSR count). The summed E-state index contributed by atoms with van der Waals surface area (Å²) in [5, 5.41) is 17.3. The van der Waals surface area contributed by atoms with Crippen LogP contribution in [0, 0.1) is 34.5 Å². The van der Waals surface area contributed by atoms with E-state index in [-0.39, 0.29) is 11.8 Å². The molecule has 0 aromatic heterocycles. The molecule has 0 aliphatic carbocycles. The molecule has 0 fully saturated rings. The highest BCUT2D eigenvalue weighted by atomic mass is 15.1. The molecule has 3 nitrogen and oxygen atoms in total. The van der Waals surface area contributed by atoms with Crippen LogP contribution in [0.5, 0.6) is 0 Å². The van der Waals surface area contributed by atoms with E-state index in [9.17, 15) is 0 Å². The van der Waals surface area contributed by atoms with Crippen LogP contribution in [0.2, 0.25) is 0 Å². The minimum Gasteiger partial charge on any atom is -0.301 e. The number of nitriles is 2. The van der Waals surface area contributed by atoms with Gasteiger partial charge in [-0.2, -0.15) is 10.5 Å². The van der Waals surface area contributed by atoms with Crippen LogP contribution in [0.1, 0.15) is 20.8 Å². The van der Waals surface area contributed by atoms with E-state index in [1.165, 1.54) is 0 Å². The summed E-state index contributed by atoms with van der Waals surface area (Å²) in [4.78, 5) is 2.14. The Morgan fingerprint density at radius 3 is 1.69 bits per heavy atom. The fraction of sp³-hybridized carbons (Fsp3) is 0.800. The van der Waals surface area contributed by atoms with Crippen molar-refractivity contribution in [2.45, 2.75) is 20.8 Å². The Balaban J connectivity index is 3.92. The Bertz CT molecular complexity index is 189. The first-order valence-corrected chi connectivity index (χ1v) is 4.65. The lowest BCUT2D eigenvalue weighted by Crippen LogP contribution is -2.31. The minimum atomic E-state index is 0.0471. The Morgan fingerprint density at radius 2 is 1.46 bits per heavy atom. The van der Waals surface area contributed by atoms with Gasteiger partial charge in [0.1, 0.15) is 0 Å². The normalized spacial score (nSPS) is 14.6. The Morgan fingerprint density at radius 1 is 1.08 bits per heavy atom. The molecule has 3 heteroatoms. The van der Waals surface area contributed by atoms with Gasteiger partial charge in [-0.05, 0) is 20.4 Å². The zero-order chi connectivity index (χ0) is 10.3. The zero-order valence-corrected chi connectivity index (χ0v) is 8.62. The lowest BCUT2D eigenvalue weighted by atomic mass is 10.1. The molecular weight excluding hydrogens is 162 g/mol. The van der Waals surface area contributed by atoms with Gasteiger partial charge in [-0.3, -0.25) is 0 Å². The van der Waals surface area contributed by atoms with E-state index in [1.54, 1.807) is 0 Å². The van der Waals surface area contributed by atoms with Crippen molar-refractivity contribution < 1.29 is 0 Å². The zero-order valence-electron chi connectivity index (χ0n) is 8.62. The number of rotatable bonds is 5. The van der Waals surface area contributed by atoms with Crippen LogP contribution in [0.15, 0.2) is 0 Å². The summed E-state index contributed by atoms with van der Waals surface area (Å²) >= 11 is 0. The molecule has 0 aliphatic heterocycles. The molecule has 0 bridgehead atoms. The lowest BCUT2D eigenvalue weighted by molar-refractivity contribution is 0.251. The standard InChI is InChI=1S/C10H17N3/c1-4-13(7-9(2)5-11)8-10(3)6-12/h9-10H,4,7-8H2,1-3H3. The monoisotopic (exact) mass is 179 g/mol. The molecule has 0 aliphatic rings. The Hall–Kier alpha value is -1.06. The first-order chi connectivity index (χ1) is 6.13. The second-order valence-electron chi connectivity index (χ2n) is 3.41. The molecule has 0 saturated carbocycles. The van der Waals surface area contributed by atoms with E-state index in [0.717, 1.165) is 19.6 Å². The Labute approximate surface area is 80.6 Å². The molecule has 0 N–H and O–H groups in total.